The Kier molecular flexibility index (Phi) is 16.0. The highest BCUT2D eigenvalue weighted by Crippen LogP contribution is 2.40. The fraction of sp³-hybridized carbons (Fsp3) is 0.333. The Hall–Kier alpha value is -5.76. The average molecular weight is 880 g/mol. The van der Waals surface area contributed by atoms with Crippen molar-refractivity contribution in [3.63, 3.8) is 0 Å². The predicted molar refractivity (Wildman–Crippen MR) is 276 cm³/mol. The van der Waals surface area contributed by atoms with Crippen LogP contribution >= 0.6 is 0 Å². The molecule has 6 aromatic carbocycles. The van der Waals surface area contributed by atoms with Gasteiger partial charge in [0.25, 0.3) is 0 Å². The van der Waals surface area contributed by atoms with Gasteiger partial charge in [0.1, 0.15) is 5.75 Å². The van der Waals surface area contributed by atoms with Crippen molar-refractivity contribution >= 4 is 28.0 Å². The van der Waals surface area contributed by atoms with Crippen LogP contribution in [0.1, 0.15) is 103 Å². The van der Waals surface area contributed by atoms with Gasteiger partial charge in [-0.15, -0.1) is 0 Å². The van der Waals surface area contributed by atoms with Gasteiger partial charge in [0, 0.05) is 76.2 Å². The summed E-state index contributed by atoms with van der Waals surface area (Å²) in [6.45, 7) is 13.8. The Morgan fingerprint density at radius 3 is 1.41 bits per heavy atom. The minimum Gasteiger partial charge on any atom is -0.508 e. The number of aliphatic hydroxyl groups is 2. The minimum absolute atomic E-state index is 0.164. The molecule has 0 bridgehead atoms. The van der Waals surface area contributed by atoms with Crippen LogP contribution in [0.2, 0.25) is 0 Å². The summed E-state index contributed by atoms with van der Waals surface area (Å²) in [5.74, 6) is 0.916. The van der Waals surface area contributed by atoms with Crippen molar-refractivity contribution < 1.29 is 15.3 Å². The zero-order chi connectivity index (χ0) is 45.8. The van der Waals surface area contributed by atoms with Crippen LogP contribution < -0.4 is 4.90 Å². The summed E-state index contributed by atoms with van der Waals surface area (Å²) in [6.07, 6.45) is 5.84. The van der Waals surface area contributed by atoms with Crippen molar-refractivity contribution in [1.29, 1.82) is 0 Å². The number of phenolic OH excluding ortho intramolecular Hbond substituents is 1. The third-order valence-electron chi connectivity index (χ3n) is 13.7. The maximum Gasteiger partial charge on any atom is 0.115 e. The van der Waals surface area contributed by atoms with E-state index < -0.39 is 0 Å². The first-order chi connectivity index (χ1) is 32.3. The first kappa shape index (κ1) is 46.8. The lowest BCUT2D eigenvalue weighted by Crippen LogP contribution is -2.48. The molecule has 6 heteroatoms. The molecule has 6 aromatic rings. The Balaban J connectivity index is 0.000000180. The molecule has 3 N–H and O–H groups in total. The van der Waals surface area contributed by atoms with Crippen molar-refractivity contribution in [1.82, 2.24) is 9.80 Å². The molecular formula is C60H69N3O3. The average Bonchev–Trinajstić information content (AvgIpc) is 4.19. The van der Waals surface area contributed by atoms with Gasteiger partial charge in [0.2, 0.25) is 0 Å². The van der Waals surface area contributed by atoms with E-state index in [1.807, 2.05) is 18.2 Å². The molecule has 342 valence electrons. The number of aliphatic hydroxyl groups excluding tert-OH is 2. The van der Waals surface area contributed by atoms with E-state index in [0.29, 0.717) is 18.4 Å². The van der Waals surface area contributed by atoms with E-state index >= 15 is 0 Å². The van der Waals surface area contributed by atoms with Gasteiger partial charge in [-0.25, -0.2) is 0 Å². The van der Waals surface area contributed by atoms with E-state index in [-0.39, 0.29) is 19.0 Å². The summed E-state index contributed by atoms with van der Waals surface area (Å²) in [6, 6.07) is 57.0. The second kappa shape index (κ2) is 22.6. The third-order valence-corrected chi connectivity index (χ3v) is 13.7. The van der Waals surface area contributed by atoms with Crippen molar-refractivity contribution in [2.24, 2.45) is 0 Å². The van der Waals surface area contributed by atoms with Crippen LogP contribution in [0.3, 0.4) is 0 Å². The first-order valence-electron chi connectivity index (χ1n) is 24.4. The number of benzene rings is 6. The van der Waals surface area contributed by atoms with Crippen LogP contribution in [0.15, 0.2) is 158 Å². The van der Waals surface area contributed by atoms with Crippen LogP contribution in [-0.4, -0.2) is 89.7 Å². The summed E-state index contributed by atoms with van der Waals surface area (Å²) in [5.41, 5.74) is 16.0. The number of phenols is 1. The molecule has 0 unspecified atom stereocenters. The molecule has 0 aromatic heterocycles. The van der Waals surface area contributed by atoms with Gasteiger partial charge < -0.3 is 20.2 Å². The highest BCUT2D eigenvalue weighted by atomic mass is 16.3. The zero-order valence-electron chi connectivity index (χ0n) is 39.3. The molecule has 3 fully saturated rings. The fourth-order valence-electron chi connectivity index (χ4n) is 9.71. The molecule has 6 nitrogen and oxygen atoms in total. The van der Waals surface area contributed by atoms with Crippen LogP contribution in [0.25, 0.3) is 22.3 Å². The number of hydrogen-bond donors (Lipinski definition) is 3. The van der Waals surface area contributed by atoms with Crippen molar-refractivity contribution in [3.8, 4) is 5.75 Å². The Morgan fingerprint density at radius 2 is 0.970 bits per heavy atom. The molecule has 2 aliphatic heterocycles. The topological polar surface area (TPSA) is 70.4 Å². The molecule has 0 spiro atoms. The number of piperazine rings is 1. The van der Waals surface area contributed by atoms with Crippen molar-refractivity contribution in [3.05, 3.63) is 202 Å². The summed E-state index contributed by atoms with van der Waals surface area (Å²) >= 11 is 0. The molecule has 3 aliphatic rings. The molecule has 2 saturated heterocycles. The number of hydrogen-bond acceptors (Lipinski definition) is 6. The molecule has 0 amide bonds. The Morgan fingerprint density at radius 1 is 0.530 bits per heavy atom. The minimum atomic E-state index is 0.164. The highest BCUT2D eigenvalue weighted by molar-refractivity contribution is 5.99. The molecule has 1 saturated carbocycles. The molecular weight excluding hydrogens is 811 g/mol. The quantitative estimate of drug-likeness (QED) is 0.0842. The SMILES string of the molecule is Cc1ccc(/C(=C(\CCCO)c2ccccc2)c2ccc(N3CCN(C(C)C)CC3)cc2)cc1.OCCC/C(=C(\c1ccc(O)cc1)c1ccc(C2CN(C3CC3)C2)cc1)c1ccccc1. The van der Waals surface area contributed by atoms with Gasteiger partial charge in [-0.2, -0.15) is 0 Å². The third kappa shape index (κ3) is 11.8. The second-order valence-corrected chi connectivity index (χ2v) is 18.7. The van der Waals surface area contributed by atoms with E-state index in [1.54, 1.807) is 12.1 Å². The number of nitrogens with zero attached hydrogens (tertiary/aromatic N) is 3. The van der Waals surface area contributed by atoms with Crippen molar-refractivity contribution in [2.75, 3.05) is 57.4 Å². The van der Waals surface area contributed by atoms with Gasteiger partial charge in [-0.3, -0.25) is 9.80 Å². The second-order valence-electron chi connectivity index (χ2n) is 18.7. The number of aryl methyl sites for hydroxylation is 1. The number of aromatic hydroxyl groups is 1. The molecule has 66 heavy (non-hydrogen) atoms. The maximum absolute atomic E-state index is 9.85. The monoisotopic (exact) mass is 880 g/mol. The van der Waals surface area contributed by atoms with Crippen molar-refractivity contribution in [2.45, 2.75) is 77.3 Å². The van der Waals surface area contributed by atoms with E-state index in [0.717, 1.165) is 57.0 Å². The lowest BCUT2D eigenvalue weighted by atomic mass is 9.85. The number of allylic oxidation sites excluding steroid dienone is 2. The summed E-state index contributed by atoms with van der Waals surface area (Å²) < 4.78 is 0. The molecule has 9 rings (SSSR count). The predicted octanol–water partition coefficient (Wildman–Crippen LogP) is 11.9. The van der Waals surface area contributed by atoms with E-state index in [1.165, 1.54) is 92.9 Å². The Labute approximate surface area is 394 Å². The molecule has 0 atom stereocenters. The molecule has 1 aliphatic carbocycles. The standard InChI is InChI=1S/C31H38N2O.C29H31NO2/c1-24(2)32-19-21-33(22-20-32)29-17-15-28(16-18-29)31(27-13-11-25(3)12-14-27)30(10-7-23-34)26-8-5-4-6-9-26;31-18-4-7-28(22-5-2-1-3-6-22)29(24-12-16-27(32)17-13-24)23-10-8-21(9-11-23)25-19-30(20-25)26-14-15-26/h4-6,8-9,11-18,24,34H,7,10,19-23H2,1-3H3;1-3,5-6,8-13,16-17,25-26,31-32H,4,7,14-15,18-20H2/b31-30-;29-28+. The van der Waals surface area contributed by atoms with E-state index in [9.17, 15) is 15.3 Å². The molecule has 2 heterocycles. The summed E-state index contributed by atoms with van der Waals surface area (Å²) in [5, 5.41) is 29.0. The number of likely N-dealkylation sites (tertiary alicyclic amines) is 1. The Bertz CT molecular complexity index is 2480. The zero-order valence-corrected chi connectivity index (χ0v) is 39.3. The van der Waals surface area contributed by atoms with Crippen LogP contribution in [0.5, 0.6) is 5.75 Å². The van der Waals surface area contributed by atoms with Gasteiger partial charge in [-0.1, -0.05) is 139 Å². The summed E-state index contributed by atoms with van der Waals surface area (Å²) in [4.78, 5) is 7.67. The van der Waals surface area contributed by atoms with Gasteiger partial charge >= 0.3 is 0 Å². The fourth-order valence-corrected chi connectivity index (χ4v) is 9.71. The lowest BCUT2D eigenvalue weighted by molar-refractivity contribution is 0.139. The number of rotatable bonds is 16. The smallest absolute Gasteiger partial charge is 0.115 e. The van der Waals surface area contributed by atoms with E-state index in [2.05, 4.69) is 163 Å². The molecule has 0 radical (unpaired) electrons. The first-order valence-corrected chi connectivity index (χ1v) is 24.4. The van der Waals surface area contributed by atoms with Crippen LogP contribution in [0.4, 0.5) is 5.69 Å². The van der Waals surface area contributed by atoms with Crippen LogP contribution in [-0.2, 0) is 0 Å². The van der Waals surface area contributed by atoms with E-state index in [4.69, 9.17) is 0 Å². The summed E-state index contributed by atoms with van der Waals surface area (Å²) in [7, 11) is 0. The lowest BCUT2D eigenvalue weighted by Gasteiger charge is -2.40. The van der Waals surface area contributed by atoms with Crippen LogP contribution in [0, 0.1) is 6.92 Å². The normalized spacial score (nSPS) is 16.5. The van der Waals surface area contributed by atoms with Gasteiger partial charge in [0.15, 0.2) is 0 Å². The highest BCUT2D eigenvalue weighted by Gasteiger charge is 2.38. The number of anilines is 1. The van der Waals surface area contributed by atoms with Gasteiger partial charge in [-0.05, 0) is 145 Å². The largest absolute Gasteiger partial charge is 0.508 e. The van der Waals surface area contributed by atoms with Gasteiger partial charge in [0.05, 0.1) is 0 Å². The maximum atomic E-state index is 9.85.